The second kappa shape index (κ2) is 7.03. The molecule has 0 spiro atoms. The van der Waals surface area contributed by atoms with Gasteiger partial charge in [0.15, 0.2) is 0 Å². The second-order valence-corrected chi connectivity index (χ2v) is 6.51. The highest BCUT2D eigenvalue weighted by Gasteiger charge is 2.37. The maximum Gasteiger partial charge on any atom is 0.0589 e. The van der Waals surface area contributed by atoms with Crippen molar-refractivity contribution < 1.29 is 4.74 Å². The largest absolute Gasteiger partial charge is 0.383 e. The summed E-state index contributed by atoms with van der Waals surface area (Å²) in [4.78, 5) is 2.50. The number of hydrogen-bond acceptors (Lipinski definition) is 3. The Morgan fingerprint density at radius 3 is 2.85 bits per heavy atom. The van der Waals surface area contributed by atoms with E-state index in [-0.39, 0.29) is 5.54 Å². The molecule has 0 aromatic heterocycles. The number of hydrogen-bond donors (Lipinski definition) is 1. The molecule has 0 fully saturated rings. The SMILES string of the molecule is CCN(CCOC)C1(CN)CCc2cc(Br)ccc2C1. The van der Waals surface area contributed by atoms with E-state index in [9.17, 15) is 0 Å². The first kappa shape index (κ1) is 16.0. The Balaban J connectivity index is 2.22. The van der Waals surface area contributed by atoms with Crippen molar-refractivity contribution in [3.05, 3.63) is 33.8 Å². The van der Waals surface area contributed by atoms with Crippen molar-refractivity contribution in [1.82, 2.24) is 4.90 Å². The predicted octanol–water partition coefficient (Wildman–Crippen LogP) is 2.60. The van der Waals surface area contributed by atoms with Gasteiger partial charge in [0.05, 0.1) is 6.61 Å². The van der Waals surface area contributed by atoms with Crippen LogP contribution in [0.2, 0.25) is 0 Å². The Bertz CT molecular complexity index is 452. The van der Waals surface area contributed by atoms with E-state index < -0.39 is 0 Å². The fraction of sp³-hybridized carbons (Fsp3) is 0.625. The van der Waals surface area contributed by atoms with Gasteiger partial charge in [0.2, 0.25) is 0 Å². The van der Waals surface area contributed by atoms with Crippen molar-refractivity contribution in [3.63, 3.8) is 0 Å². The predicted molar refractivity (Wildman–Crippen MR) is 87.1 cm³/mol. The van der Waals surface area contributed by atoms with Crippen molar-refractivity contribution in [2.45, 2.75) is 31.7 Å². The van der Waals surface area contributed by atoms with E-state index in [0.717, 1.165) is 39.0 Å². The number of nitrogens with two attached hydrogens (primary N) is 1. The molecule has 1 aliphatic carbocycles. The van der Waals surface area contributed by atoms with Crippen LogP contribution in [0.5, 0.6) is 0 Å². The molecule has 2 N–H and O–H groups in total. The normalized spacial score (nSPS) is 22.1. The average Bonchev–Trinajstić information content (AvgIpc) is 2.48. The number of aryl methyl sites for hydroxylation is 1. The molecule has 1 atom stereocenters. The Morgan fingerprint density at radius 1 is 1.40 bits per heavy atom. The first-order valence-corrected chi connectivity index (χ1v) is 8.16. The topological polar surface area (TPSA) is 38.5 Å². The highest BCUT2D eigenvalue weighted by molar-refractivity contribution is 9.10. The van der Waals surface area contributed by atoms with Gasteiger partial charge in [-0.1, -0.05) is 28.9 Å². The van der Waals surface area contributed by atoms with Crippen LogP contribution in [0.1, 0.15) is 24.5 Å². The lowest BCUT2D eigenvalue weighted by Crippen LogP contribution is -2.57. The fourth-order valence-corrected chi connectivity index (χ4v) is 3.72. The highest BCUT2D eigenvalue weighted by atomic mass is 79.9. The molecule has 0 saturated heterocycles. The van der Waals surface area contributed by atoms with Crippen LogP contribution in [0.25, 0.3) is 0 Å². The van der Waals surface area contributed by atoms with E-state index in [0.29, 0.717) is 6.54 Å². The summed E-state index contributed by atoms with van der Waals surface area (Å²) in [6.07, 6.45) is 3.28. The standard InChI is InChI=1S/C16H25BrN2O/c1-3-19(8-9-20-2)16(12-18)7-6-13-10-15(17)5-4-14(13)11-16/h4-5,10H,3,6-9,11-12,18H2,1-2H3. The molecule has 0 aliphatic heterocycles. The second-order valence-electron chi connectivity index (χ2n) is 5.59. The molecule has 1 aromatic carbocycles. The third-order valence-electron chi connectivity index (χ3n) is 4.55. The van der Waals surface area contributed by atoms with Gasteiger partial charge in [-0.2, -0.15) is 0 Å². The van der Waals surface area contributed by atoms with Crippen LogP contribution in [-0.4, -0.2) is 43.8 Å². The molecule has 0 saturated carbocycles. The van der Waals surface area contributed by atoms with Crippen molar-refractivity contribution in [3.8, 4) is 0 Å². The molecule has 1 unspecified atom stereocenters. The summed E-state index contributed by atoms with van der Waals surface area (Å²) in [5.41, 5.74) is 9.18. The van der Waals surface area contributed by atoms with E-state index in [1.165, 1.54) is 15.6 Å². The number of benzene rings is 1. The summed E-state index contributed by atoms with van der Waals surface area (Å²) >= 11 is 3.56. The summed E-state index contributed by atoms with van der Waals surface area (Å²) in [5.74, 6) is 0. The third kappa shape index (κ3) is 3.25. The Hall–Kier alpha value is -0.420. The molecule has 0 radical (unpaired) electrons. The molecule has 0 bridgehead atoms. The van der Waals surface area contributed by atoms with Crippen molar-refractivity contribution >= 4 is 15.9 Å². The number of nitrogens with zero attached hydrogens (tertiary/aromatic N) is 1. The molecule has 1 aromatic rings. The minimum atomic E-state index is 0.0914. The average molecular weight is 341 g/mol. The first-order chi connectivity index (χ1) is 9.65. The molecule has 0 amide bonds. The van der Waals surface area contributed by atoms with E-state index >= 15 is 0 Å². The quantitative estimate of drug-likeness (QED) is 0.864. The van der Waals surface area contributed by atoms with Gasteiger partial charge in [-0.25, -0.2) is 0 Å². The van der Waals surface area contributed by atoms with Gasteiger partial charge in [0.1, 0.15) is 0 Å². The van der Waals surface area contributed by atoms with Gasteiger partial charge in [0.25, 0.3) is 0 Å². The minimum Gasteiger partial charge on any atom is -0.383 e. The molecule has 1 aliphatic rings. The van der Waals surface area contributed by atoms with Crippen LogP contribution < -0.4 is 5.73 Å². The smallest absolute Gasteiger partial charge is 0.0589 e. The van der Waals surface area contributed by atoms with Crippen molar-refractivity contribution in [2.24, 2.45) is 5.73 Å². The molecule has 20 heavy (non-hydrogen) atoms. The summed E-state index contributed by atoms with van der Waals surface area (Å²) in [6, 6.07) is 6.63. The number of fused-ring (bicyclic) bond motifs is 1. The van der Waals surface area contributed by atoms with Crippen LogP contribution in [0.4, 0.5) is 0 Å². The van der Waals surface area contributed by atoms with E-state index in [2.05, 4.69) is 46.0 Å². The zero-order valence-electron chi connectivity index (χ0n) is 12.5. The molecule has 4 heteroatoms. The first-order valence-electron chi connectivity index (χ1n) is 7.36. The zero-order chi connectivity index (χ0) is 14.6. The van der Waals surface area contributed by atoms with Gasteiger partial charge in [-0.3, -0.25) is 4.90 Å². The fourth-order valence-electron chi connectivity index (χ4n) is 3.32. The van der Waals surface area contributed by atoms with E-state index in [1.54, 1.807) is 7.11 Å². The number of likely N-dealkylation sites (N-methyl/N-ethyl adjacent to an activating group) is 1. The third-order valence-corrected chi connectivity index (χ3v) is 5.04. The summed E-state index contributed by atoms with van der Waals surface area (Å²) in [7, 11) is 1.76. The van der Waals surface area contributed by atoms with Crippen LogP contribution in [0, 0.1) is 0 Å². The maximum atomic E-state index is 6.18. The molecule has 2 rings (SSSR count). The van der Waals surface area contributed by atoms with Crippen LogP contribution in [0.15, 0.2) is 22.7 Å². The zero-order valence-corrected chi connectivity index (χ0v) is 14.1. The van der Waals surface area contributed by atoms with Crippen LogP contribution in [-0.2, 0) is 17.6 Å². The van der Waals surface area contributed by atoms with Gasteiger partial charge >= 0.3 is 0 Å². The molecule has 3 nitrogen and oxygen atoms in total. The number of rotatable bonds is 6. The van der Waals surface area contributed by atoms with Gasteiger partial charge in [0, 0.05) is 30.2 Å². The lowest BCUT2D eigenvalue weighted by molar-refractivity contribution is 0.0541. The molecular weight excluding hydrogens is 316 g/mol. The van der Waals surface area contributed by atoms with Crippen LogP contribution >= 0.6 is 15.9 Å². The monoisotopic (exact) mass is 340 g/mol. The van der Waals surface area contributed by atoms with Gasteiger partial charge < -0.3 is 10.5 Å². The lowest BCUT2D eigenvalue weighted by Gasteiger charge is -2.46. The molecular formula is C16H25BrN2O. The molecule has 112 valence electrons. The van der Waals surface area contributed by atoms with Crippen LogP contribution in [0.3, 0.4) is 0 Å². The van der Waals surface area contributed by atoms with Crippen molar-refractivity contribution in [1.29, 1.82) is 0 Å². The summed E-state index contributed by atoms with van der Waals surface area (Å²) < 4.78 is 6.42. The highest BCUT2D eigenvalue weighted by Crippen LogP contribution is 2.34. The number of halogens is 1. The molecule has 0 heterocycles. The summed E-state index contributed by atoms with van der Waals surface area (Å²) in [6.45, 7) is 5.66. The lowest BCUT2D eigenvalue weighted by atomic mass is 9.76. The Morgan fingerprint density at radius 2 is 2.20 bits per heavy atom. The Labute approximate surface area is 130 Å². The van der Waals surface area contributed by atoms with Crippen molar-refractivity contribution in [2.75, 3.05) is 33.4 Å². The van der Waals surface area contributed by atoms with E-state index in [1.807, 2.05) is 0 Å². The number of methoxy groups -OCH3 is 1. The van der Waals surface area contributed by atoms with Gasteiger partial charge in [-0.15, -0.1) is 0 Å². The maximum absolute atomic E-state index is 6.18. The van der Waals surface area contributed by atoms with Gasteiger partial charge in [-0.05, 0) is 49.1 Å². The minimum absolute atomic E-state index is 0.0914. The number of ether oxygens (including phenoxy) is 1. The summed E-state index contributed by atoms with van der Waals surface area (Å²) in [5, 5.41) is 0. The Kier molecular flexibility index (Phi) is 5.61. The van der Waals surface area contributed by atoms with E-state index in [4.69, 9.17) is 10.5 Å².